The second kappa shape index (κ2) is 5.80. The monoisotopic (exact) mass is 158 g/mol. The Labute approximate surface area is 64.3 Å². The SMILES string of the molecule is C#CCCCC(=S)O[SiH3]. The van der Waals surface area contributed by atoms with E-state index in [1.165, 1.54) is 0 Å². The highest BCUT2D eigenvalue weighted by molar-refractivity contribution is 7.80. The van der Waals surface area contributed by atoms with E-state index in [-0.39, 0.29) is 0 Å². The van der Waals surface area contributed by atoms with E-state index in [2.05, 4.69) is 5.92 Å². The summed E-state index contributed by atoms with van der Waals surface area (Å²) in [6.07, 6.45) is 7.62. The minimum atomic E-state index is 0.698. The molecule has 0 aromatic rings. The maximum absolute atomic E-state index is 5.03. The molecule has 0 N–H and O–H groups in total. The van der Waals surface area contributed by atoms with Crippen LogP contribution in [-0.2, 0) is 4.43 Å². The average Bonchev–Trinajstić information content (AvgIpc) is 1.89. The molecule has 3 heteroatoms. The summed E-state index contributed by atoms with van der Waals surface area (Å²) in [6.45, 7) is 0. The van der Waals surface area contributed by atoms with Crippen LogP contribution in [0, 0.1) is 12.3 Å². The van der Waals surface area contributed by atoms with E-state index in [0.29, 0.717) is 15.5 Å². The molecule has 0 amide bonds. The summed E-state index contributed by atoms with van der Waals surface area (Å²) in [4.78, 5) is 0. The fraction of sp³-hybridized carbons (Fsp3) is 0.500. The highest BCUT2D eigenvalue weighted by atomic mass is 32.1. The highest BCUT2D eigenvalue weighted by Gasteiger charge is 1.90. The molecule has 0 heterocycles. The van der Waals surface area contributed by atoms with Gasteiger partial charge >= 0.3 is 0 Å². The normalized spacial score (nSPS) is 8.33. The Morgan fingerprint density at radius 2 is 2.44 bits per heavy atom. The predicted molar refractivity (Wildman–Crippen MR) is 46.3 cm³/mol. The molecule has 9 heavy (non-hydrogen) atoms. The molecule has 0 aliphatic carbocycles. The molecule has 0 rings (SSSR count). The smallest absolute Gasteiger partial charge is 0.204 e. The molecule has 0 atom stereocenters. The van der Waals surface area contributed by atoms with Crippen molar-refractivity contribution < 1.29 is 4.43 Å². The Morgan fingerprint density at radius 1 is 1.78 bits per heavy atom. The van der Waals surface area contributed by atoms with Gasteiger partial charge in [0.2, 0.25) is 10.5 Å². The zero-order valence-corrected chi connectivity index (χ0v) is 8.33. The van der Waals surface area contributed by atoms with E-state index < -0.39 is 0 Å². The summed E-state index contributed by atoms with van der Waals surface area (Å²) in [5.74, 6) is 2.54. The van der Waals surface area contributed by atoms with Gasteiger partial charge in [0.25, 0.3) is 0 Å². The molecule has 0 fully saturated rings. The van der Waals surface area contributed by atoms with Crippen LogP contribution in [0.15, 0.2) is 0 Å². The third-order valence-corrected chi connectivity index (χ3v) is 2.09. The lowest BCUT2D eigenvalue weighted by atomic mass is 10.2. The first kappa shape index (κ1) is 8.67. The average molecular weight is 158 g/mol. The molecule has 0 aliphatic rings. The largest absolute Gasteiger partial charge is 0.549 e. The summed E-state index contributed by atoms with van der Waals surface area (Å²) in [6, 6.07) is 0. The zero-order chi connectivity index (χ0) is 7.11. The molecule has 0 radical (unpaired) electrons. The van der Waals surface area contributed by atoms with Crippen LogP contribution in [0.1, 0.15) is 19.3 Å². The van der Waals surface area contributed by atoms with Crippen molar-refractivity contribution in [1.29, 1.82) is 0 Å². The van der Waals surface area contributed by atoms with Crippen molar-refractivity contribution in [1.82, 2.24) is 0 Å². The quantitative estimate of drug-likeness (QED) is 0.255. The Hall–Kier alpha value is -0.333. The van der Waals surface area contributed by atoms with Gasteiger partial charge in [0.05, 0.1) is 0 Å². The highest BCUT2D eigenvalue weighted by Crippen LogP contribution is 1.96. The molecule has 50 valence electrons. The first-order valence-corrected chi connectivity index (χ1v) is 4.04. The van der Waals surface area contributed by atoms with Crippen molar-refractivity contribution in [2.75, 3.05) is 0 Å². The van der Waals surface area contributed by atoms with E-state index in [1.54, 1.807) is 0 Å². The summed E-state index contributed by atoms with van der Waals surface area (Å²) in [5, 5.41) is 0.705. The van der Waals surface area contributed by atoms with Gasteiger partial charge in [-0.2, -0.15) is 0 Å². The number of thiocarbonyl (C=S) groups is 1. The fourth-order valence-electron chi connectivity index (χ4n) is 0.437. The maximum atomic E-state index is 5.03. The van der Waals surface area contributed by atoms with Crippen molar-refractivity contribution in [2.45, 2.75) is 19.3 Å². The third-order valence-electron chi connectivity index (χ3n) is 0.930. The standard InChI is InChI=1S/C6H10OSSi/c1-2-3-4-5-6(8)7-9/h1H,3-5H2,9H3. The van der Waals surface area contributed by atoms with Crippen LogP contribution < -0.4 is 0 Å². The Kier molecular flexibility index (Phi) is 5.58. The van der Waals surface area contributed by atoms with Crippen molar-refractivity contribution in [3.05, 3.63) is 0 Å². The second-order valence-corrected chi connectivity index (χ2v) is 2.50. The third kappa shape index (κ3) is 5.54. The van der Waals surface area contributed by atoms with E-state index in [9.17, 15) is 0 Å². The van der Waals surface area contributed by atoms with Crippen molar-refractivity contribution >= 4 is 27.8 Å². The van der Waals surface area contributed by atoms with Crippen LogP contribution in [-0.4, -0.2) is 15.5 Å². The molecule has 0 saturated carbocycles. The van der Waals surface area contributed by atoms with E-state index in [0.717, 1.165) is 19.3 Å². The van der Waals surface area contributed by atoms with Crippen molar-refractivity contribution in [3.8, 4) is 12.3 Å². The topological polar surface area (TPSA) is 9.23 Å². The Bertz CT molecular complexity index is 128. The van der Waals surface area contributed by atoms with E-state index in [4.69, 9.17) is 23.1 Å². The lowest BCUT2D eigenvalue weighted by molar-refractivity contribution is 0.601. The molecule has 0 unspecified atom stereocenters. The molecule has 0 saturated heterocycles. The number of hydrogen-bond acceptors (Lipinski definition) is 2. The molecule has 0 aliphatic heterocycles. The lowest BCUT2D eigenvalue weighted by Gasteiger charge is -1.98. The minimum absolute atomic E-state index is 0.698. The summed E-state index contributed by atoms with van der Waals surface area (Å²) >= 11 is 4.81. The van der Waals surface area contributed by atoms with Crippen molar-refractivity contribution in [2.24, 2.45) is 0 Å². The molecular weight excluding hydrogens is 148 g/mol. The van der Waals surface area contributed by atoms with Crippen LogP contribution in [0.4, 0.5) is 0 Å². The maximum Gasteiger partial charge on any atom is 0.204 e. The summed E-state index contributed by atoms with van der Waals surface area (Å²) in [7, 11) is 0.698. The fourth-order valence-corrected chi connectivity index (χ4v) is 0.785. The van der Waals surface area contributed by atoms with Gasteiger partial charge in [0.15, 0.2) is 0 Å². The number of hydrogen-bond donors (Lipinski definition) is 0. The Balaban J connectivity index is 3.09. The van der Waals surface area contributed by atoms with Crippen LogP contribution in [0.5, 0.6) is 0 Å². The Morgan fingerprint density at radius 3 is 2.89 bits per heavy atom. The number of rotatable bonds is 3. The van der Waals surface area contributed by atoms with Crippen LogP contribution >= 0.6 is 12.2 Å². The van der Waals surface area contributed by atoms with Gasteiger partial charge in [0, 0.05) is 12.8 Å². The molecule has 0 bridgehead atoms. The molecule has 0 aromatic carbocycles. The van der Waals surface area contributed by atoms with Gasteiger partial charge in [-0.1, -0.05) is 0 Å². The van der Waals surface area contributed by atoms with E-state index in [1.807, 2.05) is 0 Å². The van der Waals surface area contributed by atoms with Crippen LogP contribution in [0.25, 0.3) is 0 Å². The van der Waals surface area contributed by atoms with Crippen LogP contribution in [0.3, 0.4) is 0 Å². The van der Waals surface area contributed by atoms with Crippen molar-refractivity contribution in [3.63, 3.8) is 0 Å². The van der Waals surface area contributed by atoms with Gasteiger partial charge in [-0.05, 0) is 18.6 Å². The minimum Gasteiger partial charge on any atom is -0.549 e. The first-order chi connectivity index (χ1) is 4.31. The predicted octanol–water partition coefficient (Wildman–Crippen LogP) is 0.414. The van der Waals surface area contributed by atoms with Gasteiger partial charge in [-0.25, -0.2) is 0 Å². The van der Waals surface area contributed by atoms with Gasteiger partial charge in [-0.3, -0.25) is 0 Å². The molecule has 0 spiro atoms. The van der Waals surface area contributed by atoms with Gasteiger partial charge in [0.1, 0.15) is 5.05 Å². The summed E-state index contributed by atoms with van der Waals surface area (Å²) < 4.78 is 4.90. The zero-order valence-electron chi connectivity index (χ0n) is 5.52. The molecule has 0 aromatic heterocycles. The lowest BCUT2D eigenvalue weighted by Crippen LogP contribution is -1.96. The van der Waals surface area contributed by atoms with Gasteiger partial charge < -0.3 is 4.43 Å². The molecule has 1 nitrogen and oxygen atoms in total. The van der Waals surface area contributed by atoms with Crippen LogP contribution in [0.2, 0.25) is 0 Å². The second-order valence-electron chi connectivity index (χ2n) is 1.63. The molecular formula is C6H10OSSi. The van der Waals surface area contributed by atoms with Gasteiger partial charge in [-0.15, -0.1) is 12.3 Å². The summed E-state index contributed by atoms with van der Waals surface area (Å²) in [5.41, 5.74) is 0. The number of terminal acetylenes is 1. The van der Waals surface area contributed by atoms with E-state index >= 15 is 0 Å². The first-order valence-electron chi connectivity index (χ1n) is 2.81. The number of unbranched alkanes of at least 4 members (excludes halogenated alkanes) is 1.